The zero-order valence-electron chi connectivity index (χ0n) is 14.5. The number of rotatable bonds is 2. The molecule has 5 nitrogen and oxygen atoms in total. The molecule has 1 fully saturated rings. The van der Waals surface area contributed by atoms with E-state index in [-0.39, 0.29) is 5.91 Å². The van der Waals surface area contributed by atoms with Gasteiger partial charge in [-0.1, -0.05) is 35.6 Å². The molecule has 3 heterocycles. The number of thiazole rings is 1. The summed E-state index contributed by atoms with van der Waals surface area (Å²) < 4.78 is 5.41. The van der Waals surface area contributed by atoms with Gasteiger partial charge in [0, 0.05) is 26.2 Å². The summed E-state index contributed by atoms with van der Waals surface area (Å²) in [6, 6.07) is 8.46. The molecule has 2 aliphatic heterocycles. The fraction of sp³-hybridized carbons (Fsp3) is 0.474. The third kappa shape index (κ3) is 3.41. The van der Waals surface area contributed by atoms with Crippen LogP contribution in [0.25, 0.3) is 0 Å². The molecule has 25 heavy (non-hydrogen) atoms. The van der Waals surface area contributed by atoms with Crippen molar-refractivity contribution in [3.8, 4) is 0 Å². The number of anilines is 1. The normalized spacial score (nSPS) is 18.0. The molecule has 0 saturated carbocycles. The van der Waals surface area contributed by atoms with E-state index in [1.54, 1.807) is 0 Å². The van der Waals surface area contributed by atoms with Gasteiger partial charge < -0.3 is 14.5 Å². The van der Waals surface area contributed by atoms with Crippen LogP contribution in [0.4, 0.5) is 5.13 Å². The van der Waals surface area contributed by atoms with Crippen LogP contribution < -0.4 is 4.90 Å². The van der Waals surface area contributed by atoms with Crippen LogP contribution in [0.2, 0.25) is 0 Å². The molecule has 2 aromatic rings. The molecule has 1 saturated heterocycles. The van der Waals surface area contributed by atoms with E-state index in [4.69, 9.17) is 4.74 Å². The second-order valence-electron chi connectivity index (χ2n) is 6.61. The Labute approximate surface area is 152 Å². The molecular weight excluding hydrogens is 334 g/mol. The summed E-state index contributed by atoms with van der Waals surface area (Å²) in [7, 11) is 0. The van der Waals surface area contributed by atoms with Gasteiger partial charge in [0.1, 0.15) is 4.88 Å². The molecule has 0 spiro atoms. The Morgan fingerprint density at radius 3 is 2.72 bits per heavy atom. The lowest BCUT2D eigenvalue weighted by Gasteiger charge is -2.26. The molecule has 0 unspecified atom stereocenters. The number of aryl methyl sites for hydroxylation is 2. The number of ether oxygens (including phenoxy) is 1. The Kier molecular flexibility index (Phi) is 4.72. The first-order valence-electron chi connectivity index (χ1n) is 8.88. The van der Waals surface area contributed by atoms with Crippen molar-refractivity contribution in [3.63, 3.8) is 0 Å². The predicted octanol–water partition coefficient (Wildman–Crippen LogP) is 2.88. The van der Waals surface area contributed by atoms with Crippen molar-refractivity contribution in [3.05, 3.63) is 46.0 Å². The molecule has 1 aromatic heterocycles. The molecule has 6 heteroatoms. The summed E-state index contributed by atoms with van der Waals surface area (Å²) in [5.74, 6) is 0.117. The van der Waals surface area contributed by atoms with Crippen LogP contribution in [0.15, 0.2) is 24.3 Å². The van der Waals surface area contributed by atoms with Crippen molar-refractivity contribution in [2.75, 3.05) is 37.7 Å². The highest BCUT2D eigenvalue weighted by Gasteiger charge is 2.25. The highest BCUT2D eigenvalue weighted by Crippen LogP contribution is 2.29. The van der Waals surface area contributed by atoms with Crippen LogP contribution in [0.1, 0.15) is 32.9 Å². The molecule has 1 amide bonds. The SMILES string of the molecule is Cc1nc(N2CCOCC2)sc1C(=O)N1CCCc2ccccc2C1. The molecule has 132 valence electrons. The van der Waals surface area contributed by atoms with Crippen molar-refractivity contribution >= 4 is 22.4 Å². The summed E-state index contributed by atoms with van der Waals surface area (Å²) in [6.45, 7) is 6.58. The number of nitrogens with zero attached hydrogens (tertiary/aromatic N) is 3. The predicted molar refractivity (Wildman–Crippen MR) is 99.4 cm³/mol. The Hall–Kier alpha value is -1.92. The van der Waals surface area contributed by atoms with Gasteiger partial charge in [0.2, 0.25) is 0 Å². The maximum atomic E-state index is 13.1. The quantitative estimate of drug-likeness (QED) is 0.829. The van der Waals surface area contributed by atoms with Gasteiger partial charge in [-0.25, -0.2) is 4.98 Å². The number of carbonyl (C=O) groups excluding carboxylic acids is 1. The van der Waals surface area contributed by atoms with E-state index in [0.717, 1.165) is 61.4 Å². The van der Waals surface area contributed by atoms with Crippen LogP contribution >= 0.6 is 11.3 Å². The van der Waals surface area contributed by atoms with Gasteiger partial charge in [0.15, 0.2) is 5.13 Å². The van der Waals surface area contributed by atoms with Gasteiger partial charge in [0.05, 0.1) is 18.9 Å². The monoisotopic (exact) mass is 357 g/mol. The van der Waals surface area contributed by atoms with Gasteiger partial charge in [-0.15, -0.1) is 0 Å². The molecule has 0 radical (unpaired) electrons. The largest absolute Gasteiger partial charge is 0.378 e. The molecule has 0 bridgehead atoms. The van der Waals surface area contributed by atoms with Crippen molar-refractivity contribution in [2.45, 2.75) is 26.3 Å². The number of fused-ring (bicyclic) bond motifs is 1. The number of aromatic nitrogens is 1. The smallest absolute Gasteiger partial charge is 0.266 e. The summed E-state index contributed by atoms with van der Waals surface area (Å²) in [5.41, 5.74) is 3.48. The third-order valence-corrected chi connectivity index (χ3v) is 6.11. The minimum atomic E-state index is 0.117. The lowest BCUT2D eigenvalue weighted by Crippen LogP contribution is -2.36. The maximum absolute atomic E-state index is 13.1. The number of amides is 1. The van der Waals surface area contributed by atoms with Crippen LogP contribution in [0.3, 0.4) is 0 Å². The van der Waals surface area contributed by atoms with Crippen LogP contribution in [-0.2, 0) is 17.7 Å². The van der Waals surface area contributed by atoms with E-state index in [1.807, 2.05) is 11.8 Å². The first-order valence-corrected chi connectivity index (χ1v) is 9.70. The molecular formula is C19H23N3O2S. The number of carbonyl (C=O) groups is 1. The standard InChI is InChI=1S/C19H23N3O2S/c1-14-17(25-19(20-14)21-9-11-24-12-10-21)18(23)22-8-4-7-15-5-2-3-6-16(15)13-22/h2-3,5-6H,4,7-13H2,1H3. The fourth-order valence-electron chi connectivity index (χ4n) is 3.49. The van der Waals surface area contributed by atoms with E-state index in [2.05, 4.69) is 34.1 Å². The lowest BCUT2D eigenvalue weighted by atomic mass is 10.0. The first-order chi connectivity index (χ1) is 12.2. The topological polar surface area (TPSA) is 45.7 Å². The van der Waals surface area contributed by atoms with Gasteiger partial charge >= 0.3 is 0 Å². The van der Waals surface area contributed by atoms with Gasteiger partial charge in [-0.3, -0.25) is 4.79 Å². The minimum absolute atomic E-state index is 0.117. The van der Waals surface area contributed by atoms with Crippen molar-refractivity contribution in [2.24, 2.45) is 0 Å². The van der Waals surface area contributed by atoms with E-state index in [1.165, 1.54) is 22.5 Å². The summed E-state index contributed by atoms with van der Waals surface area (Å²) in [6.07, 6.45) is 2.05. The zero-order valence-corrected chi connectivity index (χ0v) is 15.3. The second-order valence-corrected chi connectivity index (χ2v) is 7.59. The average Bonchev–Trinajstić information content (AvgIpc) is 2.90. The zero-order chi connectivity index (χ0) is 17.2. The summed E-state index contributed by atoms with van der Waals surface area (Å²) >= 11 is 1.52. The van der Waals surface area contributed by atoms with E-state index in [9.17, 15) is 4.79 Å². The molecule has 0 aliphatic carbocycles. The average molecular weight is 357 g/mol. The first kappa shape index (κ1) is 16.5. The summed E-state index contributed by atoms with van der Waals surface area (Å²) in [5, 5.41) is 0.944. The second kappa shape index (κ2) is 7.14. The Morgan fingerprint density at radius 1 is 1.16 bits per heavy atom. The van der Waals surface area contributed by atoms with E-state index >= 15 is 0 Å². The third-order valence-electron chi connectivity index (χ3n) is 4.90. The minimum Gasteiger partial charge on any atom is -0.378 e. The highest BCUT2D eigenvalue weighted by atomic mass is 32.1. The van der Waals surface area contributed by atoms with Crippen molar-refractivity contribution < 1.29 is 9.53 Å². The molecule has 0 atom stereocenters. The van der Waals surface area contributed by atoms with Crippen molar-refractivity contribution in [1.29, 1.82) is 0 Å². The van der Waals surface area contributed by atoms with Crippen molar-refractivity contribution in [1.82, 2.24) is 9.88 Å². The van der Waals surface area contributed by atoms with E-state index < -0.39 is 0 Å². The van der Waals surface area contributed by atoms with E-state index in [0.29, 0.717) is 6.54 Å². The fourth-order valence-corrected chi connectivity index (χ4v) is 4.57. The Bertz CT molecular complexity index is 768. The van der Waals surface area contributed by atoms with Crippen LogP contribution in [-0.4, -0.2) is 48.6 Å². The number of benzene rings is 1. The van der Waals surface area contributed by atoms with Crippen LogP contribution in [0.5, 0.6) is 0 Å². The molecule has 0 N–H and O–H groups in total. The Balaban J connectivity index is 1.55. The number of hydrogen-bond acceptors (Lipinski definition) is 5. The van der Waals surface area contributed by atoms with Gasteiger partial charge in [0.25, 0.3) is 5.91 Å². The summed E-state index contributed by atoms with van der Waals surface area (Å²) in [4.78, 5) is 22.8. The molecule has 1 aromatic carbocycles. The Morgan fingerprint density at radius 2 is 1.92 bits per heavy atom. The number of hydrogen-bond donors (Lipinski definition) is 0. The van der Waals surface area contributed by atoms with Gasteiger partial charge in [-0.2, -0.15) is 0 Å². The highest BCUT2D eigenvalue weighted by molar-refractivity contribution is 7.17. The maximum Gasteiger partial charge on any atom is 0.266 e. The number of morpholine rings is 1. The lowest BCUT2D eigenvalue weighted by molar-refractivity contribution is 0.0750. The van der Waals surface area contributed by atoms with Crippen LogP contribution in [0, 0.1) is 6.92 Å². The molecule has 2 aliphatic rings. The van der Waals surface area contributed by atoms with Gasteiger partial charge in [-0.05, 0) is 30.9 Å². The molecule has 4 rings (SSSR count).